The lowest BCUT2D eigenvalue weighted by Crippen LogP contribution is -2.33. The van der Waals surface area contributed by atoms with Crippen molar-refractivity contribution in [3.05, 3.63) is 28.2 Å². The van der Waals surface area contributed by atoms with E-state index in [-0.39, 0.29) is 6.04 Å². The second-order valence-electron chi connectivity index (χ2n) is 5.53. The molecule has 2 atom stereocenters. The molecule has 4 nitrogen and oxygen atoms in total. The summed E-state index contributed by atoms with van der Waals surface area (Å²) >= 11 is 3.37. The fourth-order valence-electron chi connectivity index (χ4n) is 2.67. The molecular formula is C14H21BrN2O2S. The van der Waals surface area contributed by atoms with E-state index < -0.39 is 10.0 Å². The third-order valence-electron chi connectivity index (χ3n) is 3.68. The SMILES string of the molecule is CNCc1ccc(S(=O)(=O)NC2CCC(C)C2)c(Br)c1. The fraction of sp³-hybridized carbons (Fsp3) is 0.571. The molecule has 0 aromatic heterocycles. The van der Waals surface area contributed by atoms with Gasteiger partial charge in [-0.1, -0.05) is 13.0 Å². The Kier molecular flexibility index (Phi) is 5.23. The normalized spacial score (nSPS) is 23.1. The van der Waals surface area contributed by atoms with E-state index in [4.69, 9.17) is 0 Å². The van der Waals surface area contributed by atoms with Crippen LogP contribution in [-0.2, 0) is 16.6 Å². The van der Waals surface area contributed by atoms with Gasteiger partial charge in [-0.25, -0.2) is 13.1 Å². The molecule has 20 heavy (non-hydrogen) atoms. The lowest BCUT2D eigenvalue weighted by atomic mass is 10.1. The molecule has 2 rings (SSSR count). The van der Waals surface area contributed by atoms with E-state index in [1.54, 1.807) is 6.07 Å². The third-order valence-corrected chi connectivity index (χ3v) is 6.18. The summed E-state index contributed by atoms with van der Waals surface area (Å²) in [7, 11) is -1.58. The van der Waals surface area contributed by atoms with Gasteiger partial charge in [-0.05, 0) is 65.9 Å². The molecule has 2 N–H and O–H groups in total. The molecule has 2 unspecified atom stereocenters. The van der Waals surface area contributed by atoms with E-state index in [0.29, 0.717) is 21.8 Å². The number of hydrogen-bond donors (Lipinski definition) is 2. The second-order valence-corrected chi connectivity index (χ2v) is 8.07. The average molecular weight is 361 g/mol. The lowest BCUT2D eigenvalue weighted by molar-refractivity contribution is 0.538. The predicted octanol–water partition coefficient (Wildman–Crippen LogP) is 2.64. The summed E-state index contributed by atoms with van der Waals surface area (Å²) in [5.74, 6) is 0.601. The van der Waals surface area contributed by atoms with Crippen LogP contribution in [0.3, 0.4) is 0 Å². The van der Waals surface area contributed by atoms with E-state index >= 15 is 0 Å². The van der Waals surface area contributed by atoms with Crippen LogP contribution in [0.15, 0.2) is 27.6 Å². The molecule has 6 heteroatoms. The second kappa shape index (κ2) is 6.56. The molecule has 1 aliphatic rings. The minimum absolute atomic E-state index is 0.0684. The van der Waals surface area contributed by atoms with Gasteiger partial charge in [0, 0.05) is 17.1 Å². The first kappa shape index (κ1) is 15.9. The first-order chi connectivity index (χ1) is 9.42. The van der Waals surface area contributed by atoms with Crippen molar-refractivity contribution < 1.29 is 8.42 Å². The first-order valence-electron chi connectivity index (χ1n) is 6.87. The van der Waals surface area contributed by atoms with Crippen molar-refractivity contribution in [2.24, 2.45) is 5.92 Å². The van der Waals surface area contributed by atoms with E-state index in [1.165, 1.54) is 0 Å². The van der Waals surface area contributed by atoms with Crippen LogP contribution in [0.2, 0.25) is 0 Å². The van der Waals surface area contributed by atoms with Crippen LogP contribution in [0, 0.1) is 5.92 Å². The Hall–Kier alpha value is -0.430. The highest BCUT2D eigenvalue weighted by molar-refractivity contribution is 9.10. The molecule has 0 saturated heterocycles. The van der Waals surface area contributed by atoms with E-state index in [1.807, 2.05) is 19.2 Å². The number of halogens is 1. The fourth-order valence-corrected chi connectivity index (χ4v) is 5.08. The molecular weight excluding hydrogens is 340 g/mol. The highest BCUT2D eigenvalue weighted by Crippen LogP contribution is 2.28. The zero-order valence-corrected chi connectivity index (χ0v) is 14.2. The van der Waals surface area contributed by atoms with Crippen LogP contribution in [-0.4, -0.2) is 21.5 Å². The molecule has 1 saturated carbocycles. The quantitative estimate of drug-likeness (QED) is 0.848. The van der Waals surface area contributed by atoms with Crippen molar-refractivity contribution in [1.82, 2.24) is 10.0 Å². The van der Waals surface area contributed by atoms with Gasteiger partial charge < -0.3 is 5.32 Å². The van der Waals surface area contributed by atoms with Gasteiger partial charge in [-0.2, -0.15) is 0 Å². The molecule has 0 radical (unpaired) electrons. The summed E-state index contributed by atoms with van der Waals surface area (Å²) in [6.07, 6.45) is 2.94. The van der Waals surface area contributed by atoms with Crippen molar-refractivity contribution in [2.45, 2.75) is 43.7 Å². The smallest absolute Gasteiger partial charge is 0.241 e. The van der Waals surface area contributed by atoms with Gasteiger partial charge in [0.05, 0.1) is 4.90 Å². The van der Waals surface area contributed by atoms with Crippen LogP contribution in [0.5, 0.6) is 0 Å². The molecule has 1 aliphatic carbocycles. The Morgan fingerprint density at radius 1 is 1.35 bits per heavy atom. The minimum atomic E-state index is -3.45. The lowest BCUT2D eigenvalue weighted by Gasteiger charge is -2.14. The van der Waals surface area contributed by atoms with Gasteiger partial charge in [-0.3, -0.25) is 0 Å². The molecule has 0 aliphatic heterocycles. The Labute approximate surface area is 129 Å². The highest BCUT2D eigenvalue weighted by Gasteiger charge is 2.27. The van der Waals surface area contributed by atoms with Crippen molar-refractivity contribution in [3.8, 4) is 0 Å². The molecule has 0 spiro atoms. The van der Waals surface area contributed by atoms with E-state index in [0.717, 1.165) is 24.8 Å². The summed E-state index contributed by atoms with van der Waals surface area (Å²) in [5, 5.41) is 3.05. The number of rotatable bonds is 5. The van der Waals surface area contributed by atoms with Gasteiger partial charge in [0.2, 0.25) is 10.0 Å². The number of benzene rings is 1. The Morgan fingerprint density at radius 2 is 2.10 bits per heavy atom. The van der Waals surface area contributed by atoms with Crippen LogP contribution in [0.25, 0.3) is 0 Å². The first-order valence-corrected chi connectivity index (χ1v) is 9.15. The Bertz CT molecular complexity index is 575. The van der Waals surface area contributed by atoms with Crippen LogP contribution in [0.4, 0.5) is 0 Å². The third kappa shape index (κ3) is 3.81. The summed E-state index contributed by atoms with van der Waals surface area (Å²) in [4.78, 5) is 0.317. The van der Waals surface area contributed by atoms with Crippen molar-refractivity contribution in [1.29, 1.82) is 0 Å². The maximum Gasteiger partial charge on any atom is 0.241 e. The molecule has 1 fully saturated rings. The van der Waals surface area contributed by atoms with Gasteiger partial charge >= 0.3 is 0 Å². The molecule has 0 bridgehead atoms. The number of sulfonamides is 1. The molecule has 1 aromatic carbocycles. The standard InChI is InChI=1S/C14H21BrN2O2S/c1-10-3-5-12(7-10)17-20(18,19)14-6-4-11(9-16-2)8-13(14)15/h4,6,8,10,12,16-17H,3,5,7,9H2,1-2H3. The van der Waals surface area contributed by atoms with E-state index in [9.17, 15) is 8.42 Å². The maximum atomic E-state index is 12.4. The zero-order chi connectivity index (χ0) is 14.8. The largest absolute Gasteiger partial charge is 0.316 e. The van der Waals surface area contributed by atoms with Crippen LogP contribution < -0.4 is 10.0 Å². The molecule has 0 heterocycles. The van der Waals surface area contributed by atoms with Gasteiger partial charge in [-0.15, -0.1) is 0 Å². The zero-order valence-electron chi connectivity index (χ0n) is 11.8. The van der Waals surface area contributed by atoms with Crippen molar-refractivity contribution in [2.75, 3.05) is 7.05 Å². The van der Waals surface area contributed by atoms with Crippen LogP contribution >= 0.6 is 15.9 Å². The molecule has 1 aromatic rings. The van der Waals surface area contributed by atoms with Crippen molar-refractivity contribution >= 4 is 26.0 Å². The summed E-state index contributed by atoms with van der Waals surface area (Å²) in [6, 6.07) is 5.42. The summed E-state index contributed by atoms with van der Waals surface area (Å²) < 4.78 is 28.3. The average Bonchev–Trinajstić information content (AvgIpc) is 2.74. The molecule has 112 valence electrons. The Balaban J connectivity index is 2.17. The predicted molar refractivity (Wildman–Crippen MR) is 84.0 cm³/mol. The number of nitrogens with one attached hydrogen (secondary N) is 2. The monoisotopic (exact) mass is 360 g/mol. The Morgan fingerprint density at radius 3 is 2.65 bits per heavy atom. The maximum absolute atomic E-state index is 12.4. The van der Waals surface area contributed by atoms with Crippen LogP contribution in [0.1, 0.15) is 31.7 Å². The summed E-state index contributed by atoms with van der Waals surface area (Å²) in [6.45, 7) is 2.88. The number of hydrogen-bond acceptors (Lipinski definition) is 3. The topological polar surface area (TPSA) is 58.2 Å². The van der Waals surface area contributed by atoms with Gasteiger partial charge in [0.15, 0.2) is 0 Å². The highest BCUT2D eigenvalue weighted by atomic mass is 79.9. The summed E-state index contributed by atoms with van der Waals surface area (Å²) in [5.41, 5.74) is 1.05. The van der Waals surface area contributed by atoms with E-state index in [2.05, 4.69) is 32.9 Å². The minimum Gasteiger partial charge on any atom is -0.316 e. The van der Waals surface area contributed by atoms with Gasteiger partial charge in [0.1, 0.15) is 0 Å². The molecule has 0 amide bonds. The van der Waals surface area contributed by atoms with Crippen molar-refractivity contribution in [3.63, 3.8) is 0 Å². The van der Waals surface area contributed by atoms with Gasteiger partial charge in [0.25, 0.3) is 0 Å².